The molecule has 1 aliphatic rings. The Morgan fingerprint density at radius 2 is 2.14 bits per heavy atom. The van der Waals surface area contributed by atoms with Crippen molar-refractivity contribution in [1.82, 2.24) is 14.3 Å². The van der Waals surface area contributed by atoms with Crippen LogP contribution in [-0.2, 0) is 19.4 Å². The Hall–Kier alpha value is -1.90. The number of aromatic hydroxyl groups is 1. The second-order valence-electron chi connectivity index (χ2n) is 5.13. The molecule has 0 radical (unpaired) electrons. The number of hydrogen-bond donors (Lipinski definition) is 1. The van der Waals surface area contributed by atoms with Crippen LogP contribution in [0.25, 0.3) is 5.69 Å². The van der Waals surface area contributed by atoms with E-state index < -0.39 is 0 Å². The molecular weight excluding hydrogens is 325 g/mol. The Kier molecular flexibility index (Phi) is 3.90. The van der Waals surface area contributed by atoms with Gasteiger partial charge in [-0.3, -0.25) is 4.57 Å². The first-order chi connectivity index (χ1) is 10.5. The first kappa shape index (κ1) is 15.0. The van der Waals surface area contributed by atoms with Crippen molar-refractivity contribution >= 4 is 23.2 Å². The van der Waals surface area contributed by atoms with Crippen LogP contribution in [0.3, 0.4) is 0 Å². The average molecular weight is 338 g/mol. The first-order valence-corrected chi connectivity index (χ1v) is 7.62. The van der Waals surface area contributed by atoms with Crippen LogP contribution < -0.4 is 5.69 Å². The molecule has 0 amide bonds. The second-order valence-corrected chi connectivity index (χ2v) is 5.89. The van der Waals surface area contributed by atoms with E-state index in [1.54, 1.807) is 10.6 Å². The van der Waals surface area contributed by atoms with E-state index in [0.29, 0.717) is 17.8 Å². The Labute approximate surface area is 137 Å². The first-order valence-electron chi connectivity index (χ1n) is 6.87. The number of nitrogens with zero attached hydrogens (tertiary/aromatic N) is 3. The number of fused-ring (bicyclic) bond motifs is 1. The second kappa shape index (κ2) is 5.71. The highest BCUT2D eigenvalue weighted by atomic mass is 35.5. The molecule has 0 aliphatic carbocycles. The monoisotopic (exact) mass is 337 g/mol. The van der Waals surface area contributed by atoms with Crippen LogP contribution in [0.4, 0.5) is 0 Å². The zero-order valence-electron chi connectivity index (χ0n) is 11.6. The Morgan fingerprint density at radius 1 is 1.36 bits per heavy atom. The molecule has 2 aromatic rings. The summed E-state index contributed by atoms with van der Waals surface area (Å²) in [4.78, 5) is 12.5. The summed E-state index contributed by atoms with van der Waals surface area (Å²) in [5.74, 6) is 2.90. The van der Waals surface area contributed by atoms with Crippen LogP contribution in [0.2, 0.25) is 10.0 Å². The number of terminal acetylenes is 1. The van der Waals surface area contributed by atoms with Crippen molar-refractivity contribution in [3.8, 4) is 23.8 Å². The van der Waals surface area contributed by atoms with E-state index in [0.717, 1.165) is 25.1 Å². The van der Waals surface area contributed by atoms with Crippen LogP contribution in [0.5, 0.6) is 5.75 Å². The molecule has 1 N–H and O–H groups in total. The number of rotatable bonds is 2. The van der Waals surface area contributed by atoms with Gasteiger partial charge in [0, 0.05) is 19.4 Å². The van der Waals surface area contributed by atoms with E-state index in [2.05, 4.69) is 11.0 Å². The molecule has 1 aliphatic heterocycles. The van der Waals surface area contributed by atoms with Gasteiger partial charge in [0.15, 0.2) is 5.75 Å². The van der Waals surface area contributed by atoms with Gasteiger partial charge in [-0.1, -0.05) is 23.2 Å². The highest BCUT2D eigenvalue weighted by Gasteiger charge is 2.22. The summed E-state index contributed by atoms with van der Waals surface area (Å²) in [6, 6.07) is 1.60. The highest BCUT2D eigenvalue weighted by Crippen LogP contribution is 2.38. The van der Waals surface area contributed by atoms with Crippen LogP contribution >= 0.6 is 23.2 Å². The zero-order chi connectivity index (χ0) is 15.9. The van der Waals surface area contributed by atoms with Crippen molar-refractivity contribution < 1.29 is 5.11 Å². The Morgan fingerprint density at radius 3 is 2.82 bits per heavy atom. The van der Waals surface area contributed by atoms with Gasteiger partial charge in [-0.15, -0.1) is 17.4 Å². The molecule has 0 atom stereocenters. The van der Waals surface area contributed by atoms with Crippen molar-refractivity contribution in [2.75, 3.05) is 0 Å². The van der Waals surface area contributed by atoms with Gasteiger partial charge >= 0.3 is 5.69 Å². The van der Waals surface area contributed by atoms with Gasteiger partial charge in [0.25, 0.3) is 0 Å². The van der Waals surface area contributed by atoms with Gasteiger partial charge in [-0.2, -0.15) is 4.68 Å². The minimum Gasteiger partial charge on any atom is -0.505 e. The fraction of sp³-hybridized carbons (Fsp3) is 0.333. The molecule has 114 valence electrons. The molecule has 0 spiro atoms. The summed E-state index contributed by atoms with van der Waals surface area (Å²) in [6.45, 7) is 0.641. The molecule has 7 heteroatoms. The molecule has 0 fully saturated rings. The van der Waals surface area contributed by atoms with Crippen molar-refractivity contribution in [3.05, 3.63) is 38.0 Å². The average Bonchev–Trinajstić information content (AvgIpc) is 2.85. The maximum Gasteiger partial charge on any atom is 0.350 e. The molecule has 0 saturated carbocycles. The summed E-state index contributed by atoms with van der Waals surface area (Å²) in [5, 5.41) is 14.5. The van der Waals surface area contributed by atoms with Gasteiger partial charge in [-0.05, 0) is 24.5 Å². The Balaban J connectivity index is 2.23. The minimum absolute atomic E-state index is 0.0108. The molecular formula is C15H13Cl2N3O2. The largest absolute Gasteiger partial charge is 0.505 e. The molecule has 3 rings (SSSR count). The highest BCUT2D eigenvalue weighted by molar-refractivity contribution is 6.38. The van der Waals surface area contributed by atoms with Gasteiger partial charge in [0.05, 0.1) is 10.7 Å². The maximum absolute atomic E-state index is 12.5. The molecule has 5 nitrogen and oxygen atoms in total. The Bertz CT molecular complexity index is 846. The lowest BCUT2D eigenvalue weighted by molar-refractivity contribution is 0.474. The van der Waals surface area contributed by atoms with Crippen LogP contribution in [0.1, 0.15) is 24.2 Å². The zero-order valence-corrected chi connectivity index (χ0v) is 13.2. The minimum atomic E-state index is -0.288. The molecule has 0 unspecified atom stereocenters. The summed E-state index contributed by atoms with van der Waals surface area (Å²) >= 11 is 12.2. The predicted molar refractivity (Wildman–Crippen MR) is 85.0 cm³/mol. The lowest BCUT2D eigenvalue weighted by Crippen LogP contribution is -2.26. The van der Waals surface area contributed by atoms with Gasteiger partial charge in [0.1, 0.15) is 10.8 Å². The molecule has 22 heavy (non-hydrogen) atoms. The molecule has 1 aromatic heterocycles. The summed E-state index contributed by atoms with van der Waals surface area (Å²) < 4.78 is 2.84. The molecule has 0 saturated heterocycles. The fourth-order valence-electron chi connectivity index (χ4n) is 2.61. The molecule has 1 aromatic carbocycles. The van der Waals surface area contributed by atoms with E-state index >= 15 is 0 Å². The van der Waals surface area contributed by atoms with Crippen molar-refractivity contribution in [2.45, 2.75) is 32.2 Å². The summed E-state index contributed by atoms with van der Waals surface area (Å²) in [5.41, 5.74) is 0.546. The predicted octanol–water partition coefficient (Wildman–Crippen LogP) is 2.56. The van der Waals surface area contributed by atoms with Crippen molar-refractivity contribution in [1.29, 1.82) is 0 Å². The molecule has 0 bridgehead atoms. The van der Waals surface area contributed by atoms with E-state index in [1.165, 1.54) is 4.68 Å². The smallest absolute Gasteiger partial charge is 0.350 e. The van der Waals surface area contributed by atoms with Crippen LogP contribution in [-0.4, -0.2) is 19.5 Å². The normalized spacial score (nSPS) is 13.7. The quantitative estimate of drug-likeness (QED) is 0.856. The van der Waals surface area contributed by atoms with Crippen LogP contribution in [0, 0.1) is 12.3 Å². The summed E-state index contributed by atoms with van der Waals surface area (Å²) in [7, 11) is 0. The van der Waals surface area contributed by atoms with E-state index in [1.807, 2.05) is 0 Å². The third-order valence-electron chi connectivity index (χ3n) is 3.73. The number of aromatic nitrogens is 3. The van der Waals surface area contributed by atoms with E-state index in [4.69, 9.17) is 29.6 Å². The van der Waals surface area contributed by atoms with E-state index in [9.17, 15) is 9.90 Å². The number of halogens is 2. The van der Waals surface area contributed by atoms with Gasteiger partial charge in [0.2, 0.25) is 0 Å². The lowest BCUT2D eigenvalue weighted by Gasteiger charge is -2.10. The maximum atomic E-state index is 12.5. The molecule has 2 heterocycles. The standard InChI is InChI=1S/C15H13Cl2N3O2/c1-2-5-9-8-10(13(17)14(21)12(9)16)20-15(22)19-7-4-3-6-11(19)18-20/h1,8,21H,3-7H2. The van der Waals surface area contributed by atoms with Crippen molar-refractivity contribution in [2.24, 2.45) is 0 Å². The third-order valence-corrected chi connectivity index (χ3v) is 4.52. The number of benzene rings is 1. The SMILES string of the molecule is C#CCc1cc(-n2nc3n(c2=O)CCCC3)c(Cl)c(O)c1Cl. The summed E-state index contributed by atoms with van der Waals surface area (Å²) in [6.07, 6.45) is 8.22. The number of phenolic OH excluding ortho intramolecular Hbond substituents is 1. The topological polar surface area (TPSA) is 60.0 Å². The number of aryl methyl sites for hydroxylation is 1. The number of phenols is 1. The van der Waals surface area contributed by atoms with Gasteiger partial charge < -0.3 is 5.11 Å². The lowest BCUT2D eigenvalue weighted by atomic mass is 10.1. The van der Waals surface area contributed by atoms with Crippen molar-refractivity contribution in [3.63, 3.8) is 0 Å². The fourth-order valence-corrected chi connectivity index (χ4v) is 3.10. The number of hydrogen-bond acceptors (Lipinski definition) is 3. The third kappa shape index (κ3) is 2.29. The van der Waals surface area contributed by atoms with Gasteiger partial charge in [-0.25, -0.2) is 4.79 Å². The van der Waals surface area contributed by atoms with Crippen LogP contribution in [0.15, 0.2) is 10.9 Å². The van der Waals surface area contributed by atoms with E-state index in [-0.39, 0.29) is 27.9 Å².